The normalized spacial score (nSPS) is 15.4. The summed E-state index contributed by atoms with van der Waals surface area (Å²) in [5.74, 6) is -5.36. The summed E-state index contributed by atoms with van der Waals surface area (Å²) in [7, 11) is 0. The van der Waals surface area contributed by atoms with Crippen molar-refractivity contribution >= 4 is 11.9 Å². The average Bonchev–Trinajstić information content (AvgIpc) is 2.24. The van der Waals surface area contributed by atoms with Crippen molar-refractivity contribution in [1.82, 2.24) is 5.32 Å². The quantitative estimate of drug-likeness (QED) is 0.788. The molecule has 0 aromatic heterocycles. The molecule has 1 unspecified atom stereocenters. The predicted octanol–water partition coefficient (Wildman–Crippen LogP) is 2.27. The number of aliphatic hydroxyl groups is 1. The molecule has 0 aliphatic heterocycles. The maximum Gasteiger partial charge on any atom is 0.407 e. The number of amides is 1. The van der Waals surface area contributed by atoms with Gasteiger partial charge in [0.05, 0.1) is 6.04 Å². The van der Waals surface area contributed by atoms with Crippen molar-refractivity contribution in [2.45, 2.75) is 71.1 Å². The van der Waals surface area contributed by atoms with E-state index in [9.17, 15) is 23.5 Å². The van der Waals surface area contributed by atoms with Crippen LogP contribution in [0.5, 0.6) is 0 Å². The fourth-order valence-electron chi connectivity index (χ4n) is 1.54. The molecule has 0 spiro atoms. The van der Waals surface area contributed by atoms with Crippen LogP contribution in [-0.2, 0) is 9.53 Å². The largest absolute Gasteiger partial charge is 0.444 e. The molecule has 0 rings (SSSR count). The average molecular weight is 295 g/mol. The van der Waals surface area contributed by atoms with E-state index in [0.29, 0.717) is 13.3 Å². The summed E-state index contributed by atoms with van der Waals surface area (Å²) in [6.07, 6.45) is -2.64. The highest BCUT2D eigenvalue weighted by molar-refractivity contribution is 5.84. The third kappa shape index (κ3) is 5.81. The molecular formula is C13H23F2NO4. The van der Waals surface area contributed by atoms with Gasteiger partial charge in [-0.1, -0.05) is 13.3 Å². The van der Waals surface area contributed by atoms with Gasteiger partial charge in [-0.15, -0.1) is 0 Å². The van der Waals surface area contributed by atoms with Gasteiger partial charge in [0.2, 0.25) is 5.78 Å². The van der Waals surface area contributed by atoms with Gasteiger partial charge in [-0.05, 0) is 27.2 Å². The van der Waals surface area contributed by atoms with Crippen LogP contribution in [0.1, 0.15) is 47.5 Å². The third-order valence-electron chi connectivity index (χ3n) is 2.52. The number of alkyl halides is 2. The van der Waals surface area contributed by atoms with E-state index in [0.717, 1.165) is 0 Å². The van der Waals surface area contributed by atoms with Gasteiger partial charge in [0.25, 0.3) is 0 Å². The Morgan fingerprint density at radius 1 is 1.30 bits per heavy atom. The number of hydrogen-bond donors (Lipinski definition) is 2. The fourth-order valence-corrected chi connectivity index (χ4v) is 1.54. The number of nitrogens with one attached hydrogen (secondary N) is 1. The van der Waals surface area contributed by atoms with E-state index in [4.69, 9.17) is 4.74 Å². The first kappa shape index (κ1) is 18.8. The van der Waals surface area contributed by atoms with E-state index in [1.807, 2.05) is 0 Å². The zero-order valence-corrected chi connectivity index (χ0v) is 12.5. The Morgan fingerprint density at radius 3 is 2.15 bits per heavy atom. The van der Waals surface area contributed by atoms with Crippen LogP contribution in [-0.4, -0.2) is 40.7 Å². The molecule has 0 aliphatic carbocycles. The summed E-state index contributed by atoms with van der Waals surface area (Å²) < 4.78 is 32.0. The molecule has 0 aromatic rings. The molecule has 0 saturated carbocycles. The molecule has 0 aromatic carbocycles. The predicted molar refractivity (Wildman–Crippen MR) is 69.7 cm³/mol. The topological polar surface area (TPSA) is 75.6 Å². The van der Waals surface area contributed by atoms with E-state index >= 15 is 0 Å². The maximum atomic E-state index is 13.5. The number of aliphatic hydroxyl groups excluding tert-OH is 1. The summed E-state index contributed by atoms with van der Waals surface area (Å²) in [5.41, 5.74) is -0.783. The zero-order valence-electron chi connectivity index (χ0n) is 12.5. The van der Waals surface area contributed by atoms with Crippen molar-refractivity contribution in [3.63, 3.8) is 0 Å². The lowest BCUT2D eigenvalue weighted by atomic mass is 9.98. The monoisotopic (exact) mass is 295 g/mol. The third-order valence-corrected chi connectivity index (χ3v) is 2.52. The van der Waals surface area contributed by atoms with Crippen LogP contribution in [0.25, 0.3) is 0 Å². The molecule has 0 radical (unpaired) electrons. The highest BCUT2D eigenvalue weighted by Gasteiger charge is 2.47. The molecule has 0 heterocycles. The second-order valence-corrected chi connectivity index (χ2v) is 5.67. The van der Waals surface area contributed by atoms with Gasteiger partial charge in [0.15, 0.2) is 0 Å². The van der Waals surface area contributed by atoms with E-state index in [1.165, 1.54) is 0 Å². The van der Waals surface area contributed by atoms with E-state index < -0.39 is 35.5 Å². The number of hydrogen-bond acceptors (Lipinski definition) is 4. The minimum Gasteiger partial charge on any atom is -0.444 e. The Hall–Kier alpha value is -1.24. The summed E-state index contributed by atoms with van der Waals surface area (Å²) in [6, 6.07) is -1.26. The van der Waals surface area contributed by atoms with Gasteiger partial charge in [-0.3, -0.25) is 4.79 Å². The SMILES string of the molecule is CCC[C@H](NC(=O)OC(C)(C)C)C(O)C(F)(F)C(C)=O. The second-order valence-electron chi connectivity index (χ2n) is 5.67. The lowest BCUT2D eigenvalue weighted by molar-refractivity contribution is -0.162. The number of carbonyl (C=O) groups is 2. The number of ether oxygens (including phenoxy) is 1. The summed E-state index contributed by atoms with van der Waals surface area (Å²) in [4.78, 5) is 22.4. The Kier molecular flexibility index (Phi) is 6.53. The highest BCUT2D eigenvalue weighted by Crippen LogP contribution is 2.24. The minimum absolute atomic E-state index is 0.100. The van der Waals surface area contributed by atoms with Crippen LogP contribution < -0.4 is 5.32 Å². The van der Waals surface area contributed by atoms with Crippen molar-refractivity contribution in [1.29, 1.82) is 0 Å². The van der Waals surface area contributed by atoms with Crippen molar-refractivity contribution in [3.05, 3.63) is 0 Å². The molecule has 7 heteroatoms. The number of carbonyl (C=O) groups excluding carboxylic acids is 2. The van der Waals surface area contributed by atoms with Gasteiger partial charge in [0, 0.05) is 6.92 Å². The molecule has 5 nitrogen and oxygen atoms in total. The minimum atomic E-state index is -3.91. The summed E-state index contributed by atoms with van der Waals surface area (Å²) >= 11 is 0. The highest BCUT2D eigenvalue weighted by atomic mass is 19.3. The Bertz CT molecular complexity index is 353. The molecule has 20 heavy (non-hydrogen) atoms. The Labute approximate surface area is 117 Å². The lowest BCUT2D eigenvalue weighted by Gasteiger charge is -2.29. The first-order valence-corrected chi connectivity index (χ1v) is 6.48. The van der Waals surface area contributed by atoms with Crippen LogP contribution in [0.2, 0.25) is 0 Å². The van der Waals surface area contributed by atoms with Gasteiger partial charge < -0.3 is 15.2 Å². The summed E-state index contributed by atoms with van der Waals surface area (Å²) in [5, 5.41) is 11.8. The Balaban J connectivity index is 4.89. The zero-order chi connectivity index (χ0) is 16.1. The molecule has 118 valence electrons. The molecule has 0 saturated heterocycles. The molecule has 2 N–H and O–H groups in total. The van der Waals surface area contributed by atoms with Crippen molar-refractivity contribution in [3.8, 4) is 0 Å². The summed E-state index contributed by atoms with van der Waals surface area (Å²) in [6.45, 7) is 7.29. The second kappa shape index (κ2) is 6.97. The van der Waals surface area contributed by atoms with Crippen molar-refractivity contribution in [2.24, 2.45) is 0 Å². The molecule has 1 amide bonds. The van der Waals surface area contributed by atoms with Crippen LogP contribution in [0.4, 0.5) is 13.6 Å². The number of alkyl carbamates (subject to hydrolysis) is 1. The number of halogens is 2. The van der Waals surface area contributed by atoms with Gasteiger partial charge >= 0.3 is 12.0 Å². The van der Waals surface area contributed by atoms with Crippen molar-refractivity contribution in [2.75, 3.05) is 0 Å². The lowest BCUT2D eigenvalue weighted by Crippen LogP contribution is -2.54. The van der Waals surface area contributed by atoms with Crippen LogP contribution in [0, 0.1) is 0 Å². The molecular weight excluding hydrogens is 272 g/mol. The van der Waals surface area contributed by atoms with Crippen LogP contribution in [0.3, 0.4) is 0 Å². The van der Waals surface area contributed by atoms with Crippen LogP contribution in [0.15, 0.2) is 0 Å². The first-order chi connectivity index (χ1) is 8.91. The fraction of sp³-hybridized carbons (Fsp3) is 0.846. The Morgan fingerprint density at radius 2 is 1.80 bits per heavy atom. The number of rotatable bonds is 6. The smallest absolute Gasteiger partial charge is 0.407 e. The number of Topliss-reactive ketones (excluding diaryl/α,β-unsaturated/α-hetero) is 1. The standard InChI is InChI=1S/C13H23F2NO4/c1-6-7-9(10(18)13(14,15)8(2)17)16-11(19)20-12(3,4)5/h9-10,18H,6-7H2,1-5H3,(H,16,19)/t9-,10?/m0/s1. The van der Waals surface area contributed by atoms with Gasteiger partial charge in [-0.25, -0.2) is 4.79 Å². The van der Waals surface area contributed by atoms with Crippen molar-refractivity contribution < 1.29 is 28.2 Å². The van der Waals surface area contributed by atoms with Gasteiger partial charge in [0.1, 0.15) is 11.7 Å². The molecule has 0 fully saturated rings. The van der Waals surface area contributed by atoms with Gasteiger partial charge in [-0.2, -0.15) is 8.78 Å². The van der Waals surface area contributed by atoms with E-state index in [-0.39, 0.29) is 6.42 Å². The first-order valence-electron chi connectivity index (χ1n) is 6.48. The van der Waals surface area contributed by atoms with Crippen LogP contribution >= 0.6 is 0 Å². The number of ketones is 1. The molecule has 2 atom stereocenters. The maximum absolute atomic E-state index is 13.5. The molecule has 0 aliphatic rings. The molecule has 0 bridgehead atoms. The van der Waals surface area contributed by atoms with E-state index in [2.05, 4.69) is 5.32 Å². The van der Waals surface area contributed by atoms with E-state index in [1.54, 1.807) is 27.7 Å².